The van der Waals surface area contributed by atoms with Crippen LogP contribution in [0.3, 0.4) is 0 Å². The Morgan fingerprint density at radius 1 is 1.09 bits per heavy atom. The first kappa shape index (κ1) is 15.3. The first-order valence-electron chi connectivity index (χ1n) is 8.17. The summed E-state index contributed by atoms with van der Waals surface area (Å²) in [5.41, 5.74) is 3.47. The molecule has 1 amide bonds. The summed E-state index contributed by atoms with van der Waals surface area (Å²) in [5, 5.41) is 4.32. The van der Waals surface area contributed by atoms with E-state index in [0.717, 1.165) is 23.9 Å². The highest BCUT2D eigenvalue weighted by Gasteiger charge is 2.17. The number of hydrogen-bond acceptors (Lipinski definition) is 1. The second kappa shape index (κ2) is 7.14. The Kier molecular flexibility index (Phi) is 4.77. The number of amides is 1. The van der Waals surface area contributed by atoms with Crippen LogP contribution in [0.25, 0.3) is 10.9 Å². The smallest absolute Gasteiger partial charge is 0.227 e. The highest BCUT2D eigenvalue weighted by Crippen LogP contribution is 2.20. The normalized spacial score (nSPS) is 12.2. The van der Waals surface area contributed by atoms with Crippen LogP contribution in [0.1, 0.15) is 30.4 Å². The van der Waals surface area contributed by atoms with Gasteiger partial charge in [0.05, 0.1) is 5.92 Å². The third kappa shape index (κ3) is 3.45. The zero-order chi connectivity index (χ0) is 16.1. The Morgan fingerprint density at radius 2 is 1.83 bits per heavy atom. The lowest BCUT2D eigenvalue weighted by Gasteiger charge is -2.15. The van der Waals surface area contributed by atoms with Gasteiger partial charge in [0.1, 0.15) is 0 Å². The fraction of sp³-hybridized carbons (Fsp3) is 0.250. The molecule has 1 aromatic heterocycles. The average Bonchev–Trinajstić information content (AvgIpc) is 3.00. The number of H-pyrrole nitrogens is 1. The fourth-order valence-corrected chi connectivity index (χ4v) is 3.04. The lowest BCUT2D eigenvalue weighted by Crippen LogP contribution is -2.30. The van der Waals surface area contributed by atoms with Crippen LogP contribution < -0.4 is 5.32 Å². The molecule has 3 nitrogen and oxygen atoms in total. The molecule has 2 N–H and O–H groups in total. The van der Waals surface area contributed by atoms with Crippen molar-refractivity contribution in [2.45, 2.75) is 25.7 Å². The highest BCUT2D eigenvalue weighted by atomic mass is 16.1. The van der Waals surface area contributed by atoms with E-state index in [1.54, 1.807) is 0 Å². The van der Waals surface area contributed by atoms with Crippen molar-refractivity contribution in [3.8, 4) is 0 Å². The molecule has 0 radical (unpaired) electrons. The first-order chi connectivity index (χ1) is 11.3. The van der Waals surface area contributed by atoms with E-state index < -0.39 is 0 Å². The van der Waals surface area contributed by atoms with Crippen molar-refractivity contribution >= 4 is 16.8 Å². The number of carbonyl (C=O) groups is 1. The summed E-state index contributed by atoms with van der Waals surface area (Å²) in [7, 11) is 0. The van der Waals surface area contributed by atoms with Gasteiger partial charge in [-0.05, 0) is 30.0 Å². The summed E-state index contributed by atoms with van der Waals surface area (Å²) in [6.45, 7) is 2.71. The quantitative estimate of drug-likeness (QED) is 0.710. The minimum absolute atomic E-state index is 0.0702. The Morgan fingerprint density at radius 3 is 2.61 bits per heavy atom. The second-order valence-corrected chi connectivity index (χ2v) is 5.77. The van der Waals surface area contributed by atoms with Crippen molar-refractivity contribution in [2.24, 2.45) is 0 Å². The van der Waals surface area contributed by atoms with E-state index in [2.05, 4.69) is 29.4 Å². The Hall–Kier alpha value is -2.55. The van der Waals surface area contributed by atoms with Crippen LogP contribution in [0.2, 0.25) is 0 Å². The van der Waals surface area contributed by atoms with E-state index in [4.69, 9.17) is 0 Å². The molecule has 1 heterocycles. The van der Waals surface area contributed by atoms with E-state index in [1.165, 1.54) is 10.9 Å². The van der Waals surface area contributed by atoms with Crippen molar-refractivity contribution in [1.29, 1.82) is 0 Å². The van der Waals surface area contributed by atoms with Crippen molar-refractivity contribution in [3.63, 3.8) is 0 Å². The molecule has 0 aliphatic rings. The van der Waals surface area contributed by atoms with Crippen molar-refractivity contribution in [3.05, 3.63) is 71.9 Å². The molecule has 0 saturated heterocycles. The number of hydrogen-bond donors (Lipinski definition) is 2. The first-order valence-corrected chi connectivity index (χ1v) is 8.17. The number of aromatic amines is 1. The number of benzene rings is 2. The second-order valence-electron chi connectivity index (χ2n) is 5.77. The number of nitrogens with one attached hydrogen (secondary N) is 2. The average molecular weight is 306 g/mol. The maximum Gasteiger partial charge on any atom is 0.227 e. The molecule has 3 heteroatoms. The molecule has 3 aromatic rings. The topological polar surface area (TPSA) is 44.9 Å². The van der Waals surface area contributed by atoms with Gasteiger partial charge in [-0.25, -0.2) is 0 Å². The third-order valence-electron chi connectivity index (χ3n) is 4.30. The largest absolute Gasteiger partial charge is 0.361 e. The molecule has 0 spiro atoms. The van der Waals surface area contributed by atoms with Crippen LogP contribution in [0.15, 0.2) is 60.8 Å². The molecule has 0 bridgehead atoms. The summed E-state index contributed by atoms with van der Waals surface area (Å²) in [6, 6.07) is 18.2. The predicted molar refractivity (Wildman–Crippen MR) is 94.5 cm³/mol. The lowest BCUT2D eigenvalue weighted by atomic mass is 9.95. The Bertz CT molecular complexity index is 776. The van der Waals surface area contributed by atoms with Crippen molar-refractivity contribution < 1.29 is 4.79 Å². The number of fused-ring (bicyclic) bond motifs is 1. The van der Waals surface area contributed by atoms with E-state index >= 15 is 0 Å². The Labute approximate surface area is 136 Å². The van der Waals surface area contributed by atoms with Crippen LogP contribution in [0.5, 0.6) is 0 Å². The maximum absolute atomic E-state index is 12.4. The summed E-state index contributed by atoms with van der Waals surface area (Å²) in [6.07, 6.45) is 3.68. The van der Waals surface area contributed by atoms with Crippen LogP contribution >= 0.6 is 0 Å². The molecule has 0 aliphatic carbocycles. The van der Waals surface area contributed by atoms with Gasteiger partial charge < -0.3 is 10.3 Å². The van der Waals surface area contributed by atoms with Crippen LogP contribution in [0.4, 0.5) is 0 Å². The molecule has 0 aliphatic heterocycles. The Balaban J connectivity index is 1.60. The van der Waals surface area contributed by atoms with Gasteiger partial charge in [-0.1, -0.05) is 55.5 Å². The molecule has 1 unspecified atom stereocenters. The summed E-state index contributed by atoms with van der Waals surface area (Å²) in [5.74, 6) is 0.0395. The molecule has 1 atom stereocenters. The van der Waals surface area contributed by atoms with Gasteiger partial charge in [-0.15, -0.1) is 0 Å². The maximum atomic E-state index is 12.4. The van der Waals surface area contributed by atoms with Gasteiger partial charge >= 0.3 is 0 Å². The SMILES string of the molecule is CCC(C(=O)NCCc1c[nH]c2ccccc12)c1ccccc1. The van der Waals surface area contributed by atoms with Crippen LogP contribution in [0, 0.1) is 0 Å². The standard InChI is InChI=1S/C20H22N2O/c1-2-17(15-8-4-3-5-9-15)20(23)21-13-12-16-14-22-19-11-7-6-10-18(16)19/h3-11,14,17,22H,2,12-13H2,1H3,(H,21,23). The number of para-hydroxylation sites is 1. The highest BCUT2D eigenvalue weighted by molar-refractivity contribution is 5.84. The molecule has 0 fully saturated rings. The molecule has 0 saturated carbocycles. The van der Waals surface area contributed by atoms with E-state index in [-0.39, 0.29) is 11.8 Å². The molecule has 2 aromatic carbocycles. The van der Waals surface area contributed by atoms with Crippen molar-refractivity contribution in [1.82, 2.24) is 10.3 Å². The van der Waals surface area contributed by atoms with Crippen LogP contribution in [-0.4, -0.2) is 17.4 Å². The third-order valence-corrected chi connectivity index (χ3v) is 4.30. The summed E-state index contributed by atoms with van der Waals surface area (Å²) in [4.78, 5) is 15.7. The van der Waals surface area contributed by atoms with Gasteiger partial charge in [-0.2, -0.15) is 0 Å². The van der Waals surface area contributed by atoms with Crippen LogP contribution in [-0.2, 0) is 11.2 Å². The fourth-order valence-electron chi connectivity index (χ4n) is 3.04. The summed E-state index contributed by atoms with van der Waals surface area (Å²) < 4.78 is 0. The van der Waals surface area contributed by atoms with Gasteiger partial charge in [0.2, 0.25) is 5.91 Å². The number of rotatable bonds is 6. The minimum Gasteiger partial charge on any atom is -0.361 e. The van der Waals surface area contributed by atoms with E-state index in [1.807, 2.05) is 48.7 Å². The lowest BCUT2D eigenvalue weighted by molar-refractivity contribution is -0.122. The predicted octanol–water partition coefficient (Wildman–Crippen LogP) is 4.02. The van der Waals surface area contributed by atoms with Crippen molar-refractivity contribution in [2.75, 3.05) is 6.54 Å². The van der Waals surface area contributed by atoms with Gasteiger partial charge in [0, 0.05) is 23.6 Å². The monoisotopic (exact) mass is 306 g/mol. The molecule has 3 rings (SSSR count). The number of carbonyl (C=O) groups excluding carboxylic acids is 1. The molecule has 23 heavy (non-hydrogen) atoms. The van der Waals surface area contributed by atoms with E-state index in [0.29, 0.717) is 6.54 Å². The minimum atomic E-state index is -0.0702. The zero-order valence-corrected chi connectivity index (χ0v) is 13.4. The molecule has 118 valence electrons. The van der Waals surface area contributed by atoms with E-state index in [9.17, 15) is 4.79 Å². The molecular formula is C20H22N2O. The van der Waals surface area contributed by atoms with Gasteiger partial charge in [-0.3, -0.25) is 4.79 Å². The van der Waals surface area contributed by atoms with Gasteiger partial charge in [0.15, 0.2) is 0 Å². The summed E-state index contributed by atoms with van der Waals surface area (Å²) >= 11 is 0. The number of aromatic nitrogens is 1. The molecular weight excluding hydrogens is 284 g/mol. The zero-order valence-electron chi connectivity index (χ0n) is 13.4. The van der Waals surface area contributed by atoms with Gasteiger partial charge in [0.25, 0.3) is 0 Å².